The minimum atomic E-state index is -0.476. The minimum absolute atomic E-state index is 0.476. The van der Waals surface area contributed by atoms with Gasteiger partial charge in [0.2, 0.25) is 0 Å². The molecule has 0 unspecified atom stereocenters. The van der Waals surface area contributed by atoms with Gasteiger partial charge in [-0.05, 0) is 112 Å². The number of anilines is 3. The van der Waals surface area contributed by atoms with E-state index in [0.717, 1.165) is 17.1 Å². The summed E-state index contributed by atoms with van der Waals surface area (Å²) < 4.78 is 0. The SMILES string of the molecule is c1ccc(-c2ccc(-c3ccccc3)c(N(c3ccc4c(c3)C3(c5ccccc5-c5ccccc53)c3ccccc3-4)c3cccc4c5ccccc5c5ccccc5c34)c2)cc1. The highest BCUT2D eigenvalue weighted by atomic mass is 15.1. The van der Waals surface area contributed by atoms with Crippen LogP contribution in [0.3, 0.4) is 0 Å². The Balaban J connectivity index is 1.18. The molecule has 0 bridgehead atoms. The summed E-state index contributed by atoms with van der Waals surface area (Å²) >= 11 is 0. The Hall–Kier alpha value is -8.00. The molecule has 0 aliphatic heterocycles. The number of hydrogen-bond acceptors (Lipinski definition) is 1. The molecule has 62 heavy (non-hydrogen) atoms. The van der Waals surface area contributed by atoms with E-state index in [1.54, 1.807) is 0 Å². The number of rotatable bonds is 5. The van der Waals surface area contributed by atoms with Crippen molar-refractivity contribution in [3.8, 4) is 44.5 Å². The van der Waals surface area contributed by atoms with E-state index in [1.165, 1.54) is 99.1 Å². The molecule has 0 fully saturated rings. The topological polar surface area (TPSA) is 3.24 Å². The summed E-state index contributed by atoms with van der Waals surface area (Å²) in [6.07, 6.45) is 0. The van der Waals surface area contributed by atoms with Crippen LogP contribution in [0.5, 0.6) is 0 Å². The first-order valence-corrected chi connectivity index (χ1v) is 21.6. The van der Waals surface area contributed by atoms with Gasteiger partial charge in [0.05, 0.1) is 16.8 Å². The highest BCUT2D eigenvalue weighted by Gasteiger charge is 2.51. The van der Waals surface area contributed by atoms with E-state index >= 15 is 0 Å². The van der Waals surface area contributed by atoms with E-state index in [-0.39, 0.29) is 0 Å². The van der Waals surface area contributed by atoms with Gasteiger partial charge in [-0.2, -0.15) is 0 Å². The Morgan fingerprint density at radius 1 is 0.258 bits per heavy atom. The van der Waals surface area contributed by atoms with Crippen molar-refractivity contribution in [1.29, 1.82) is 0 Å². The molecule has 11 aromatic carbocycles. The molecule has 2 aliphatic rings. The molecule has 0 atom stereocenters. The van der Waals surface area contributed by atoms with Crippen LogP contribution in [0, 0.1) is 0 Å². The summed E-state index contributed by atoms with van der Waals surface area (Å²) in [5, 5.41) is 7.50. The maximum absolute atomic E-state index is 2.57. The molecule has 13 rings (SSSR count). The molecular formula is C61H39N. The molecular weight excluding hydrogens is 747 g/mol. The second-order valence-electron chi connectivity index (χ2n) is 16.7. The molecule has 11 aromatic rings. The number of benzene rings is 11. The van der Waals surface area contributed by atoms with E-state index in [2.05, 4.69) is 241 Å². The zero-order chi connectivity index (χ0) is 40.8. The third-order valence-electron chi connectivity index (χ3n) is 13.7. The van der Waals surface area contributed by atoms with E-state index in [1.807, 2.05) is 0 Å². The molecule has 1 spiro atoms. The average molecular weight is 786 g/mol. The van der Waals surface area contributed by atoms with Crippen molar-refractivity contribution in [2.45, 2.75) is 5.41 Å². The Bertz CT molecular complexity index is 3470. The molecule has 0 heterocycles. The van der Waals surface area contributed by atoms with Gasteiger partial charge in [0.25, 0.3) is 0 Å². The lowest BCUT2D eigenvalue weighted by atomic mass is 9.70. The van der Waals surface area contributed by atoms with Crippen molar-refractivity contribution in [1.82, 2.24) is 0 Å². The van der Waals surface area contributed by atoms with Gasteiger partial charge in [0.15, 0.2) is 0 Å². The molecule has 0 radical (unpaired) electrons. The lowest BCUT2D eigenvalue weighted by Gasteiger charge is -2.33. The molecule has 0 saturated heterocycles. The number of hydrogen-bond donors (Lipinski definition) is 0. The quantitative estimate of drug-likeness (QED) is 0.157. The van der Waals surface area contributed by atoms with Gasteiger partial charge in [0.1, 0.15) is 0 Å². The largest absolute Gasteiger partial charge is 0.309 e. The first-order valence-electron chi connectivity index (χ1n) is 21.6. The van der Waals surface area contributed by atoms with Crippen LogP contribution >= 0.6 is 0 Å². The smallest absolute Gasteiger partial charge is 0.0726 e. The summed E-state index contributed by atoms with van der Waals surface area (Å²) in [4.78, 5) is 2.57. The molecule has 0 amide bonds. The van der Waals surface area contributed by atoms with Gasteiger partial charge < -0.3 is 4.90 Å². The molecule has 1 heteroatoms. The lowest BCUT2D eigenvalue weighted by molar-refractivity contribution is 0.793. The lowest BCUT2D eigenvalue weighted by Crippen LogP contribution is -2.26. The van der Waals surface area contributed by atoms with Crippen LogP contribution in [-0.4, -0.2) is 0 Å². The third kappa shape index (κ3) is 4.85. The van der Waals surface area contributed by atoms with Crippen LogP contribution in [0.15, 0.2) is 237 Å². The normalized spacial score (nSPS) is 13.0. The molecule has 2 aliphatic carbocycles. The van der Waals surface area contributed by atoms with Gasteiger partial charge in [-0.25, -0.2) is 0 Å². The van der Waals surface area contributed by atoms with Crippen molar-refractivity contribution in [3.63, 3.8) is 0 Å². The molecule has 0 saturated carbocycles. The van der Waals surface area contributed by atoms with Crippen molar-refractivity contribution in [3.05, 3.63) is 259 Å². The fourth-order valence-corrected chi connectivity index (χ4v) is 11.1. The van der Waals surface area contributed by atoms with E-state index in [0.29, 0.717) is 0 Å². The highest BCUT2D eigenvalue weighted by Crippen LogP contribution is 2.63. The second-order valence-corrected chi connectivity index (χ2v) is 16.7. The fraction of sp³-hybridized carbons (Fsp3) is 0.0164. The Morgan fingerprint density at radius 3 is 1.31 bits per heavy atom. The Kier molecular flexibility index (Phi) is 7.59. The van der Waals surface area contributed by atoms with Gasteiger partial charge in [-0.3, -0.25) is 0 Å². The zero-order valence-corrected chi connectivity index (χ0v) is 34.0. The van der Waals surface area contributed by atoms with Crippen LogP contribution in [-0.2, 0) is 5.41 Å². The van der Waals surface area contributed by atoms with E-state index in [4.69, 9.17) is 0 Å². The molecule has 0 N–H and O–H groups in total. The van der Waals surface area contributed by atoms with Crippen molar-refractivity contribution >= 4 is 49.4 Å². The van der Waals surface area contributed by atoms with Crippen LogP contribution in [0.1, 0.15) is 22.3 Å². The summed E-state index contributed by atoms with van der Waals surface area (Å²) in [5.74, 6) is 0. The Morgan fingerprint density at radius 2 is 0.710 bits per heavy atom. The van der Waals surface area contributed by atoms with Crippen LogP contribution in [0.2, 0.25) is 0 Å². The van der Waals surface area contributed by atoms with Crippen molar-refractivity contribution in [2.75, 3.05) is 4.90 Å². The predicted octanol–water partition coefficient (Wildman–Crippen LogP) is 16.3. The molecule has 1 nitrogen and oxygen atoms in total. The van der Waals surface area contributed by atoms with E-state index < -0.39 is 5.41 Å². The number of fused-ring (bicyclic) bond motifs is 16. The highest BCUT2D eigenvalue weighted by molar-refractivity contribution is 6.29. The first-order chi connectivity index (χ1) is 30.8. The maximum atomic E-state index is 2.57. The Labute approximate surface area is 361 Å². The molecule has 288 valence electrons. The van der Waals surface area contributed by atoms with E-state index in [9.17, 15) is 0 Å². The second kappa shape index (κ2) is 13.5. The maximum Gasteiger partial charge on any atom is 0.0726 e. The van der Waals surface area contributed by atoms with Gasteiger partial charge in [0, 0.05) is 16.6 Å². The summed E-state index contributed by atoms with van der Waals surface area (Å²) in [5.41, 5.74) is 18.1. The van der Waals surface area contributed by atoms with Crippen molar-refractivity contribution in [2.24, 2.45) is 0 Å². The van der Waals surface area contributed by atoms with Crippen LogP contribution in [0.4, 0.5) is 17.1 Å². The molecule has 0 aromatic heterocycles. The zero-order valence-electron chi connectivity index (χ0n) is 34.0. The van der Waals surface area contributed by atoms with Crippen LogP contribution < -0.4 is 4.90 Å². The number of nitrogens with zero attached hydrogens (tertiary/aromatic N) is 1. The van der Waals surface area contributed by atoms with Crippen molar-refractivity contribution < 1.29 is 0 Å². The summed E-state index contributed by atoms with van der Waals surface area (Å²) in [7, 11) is 0. The monoisotopic (exact) mass is 785 g/mol. The standard InChI is InChI=1S/C61H39N/c1-3-18-40(19-4-1)42-34-36-44(41-20-5-2-6-21-41)59(38-42)62(58-33-17-29-53-47-23-8-7-22-45(47)46-24-9-10-28-52(46)60(53)58)43-35-37-51-50-27-13-16-32-56(50)61(57(51)39-43)54-30-14-11-25-48(54)49-26-12-15-31-55(49)61/h1-39H. The van der Waals surface area contributed by atoms with Gasteiger partial charge in [-0.15, -0.1) is 0 Å². The minimum Gasteiger partial charge on any atom is -0.309 e. The van der Waals surface area contributed by atoms with Gasteiger partial charge in [-0.1, -0.05) is 212 Å². The van der Waals surface area contributed by atoms with Crippen LogP contribution in [0.25, 0.3) is 76.8 Å². The summed E-state index contributed by atoms with van der Waals surface area (Å²) in [6.45, 7) is 0. The third-order valence-corrected chi connectivity index (χ3v) is 13.7. The fourth-order valence-electron chi connectivity index (χ4n) is 11.1. The first kappa shape index (κ1) is 34.8. The van der Waals surface area contributed by atoms with Gasteiger partial charge >= 0.3 is 0 Å². The average Bonchev–Trinajstić information content (AvgIpc) is 3.82. The summed E-state index contributed by atoms with van der Waals surface area (Å²) in [6, 6.07) is 88.0. The predicted molar refractivity (Wildman–Crippen MR) is 261 cm³/mol.